The summed E-state index contributed by atoms with van der Waals surface area (Å²) in [6, 6.07) is 8.11. The molecule has 28 heavy (non-hydrogen) atoms. The van der Waals surface area contributed by atoms with Gasteiger partial charge in [0, 0.05) is 24.2 Å². The van der Waals surface area contributed by atoms with Crippen molar-refractivity contribution < 1.29 is 4.79 Å². The molecule has 1 aromatic carbocycles. The number of aromatic nitrogens is 5. The van der Waals surface area contributed by atoms with Crippen LogP contribution in [0.15, 0.2) is 24.3 Å². The molecule has 146 valence electrons. The number of aromatic amines is 1. The van der Waals surface area contributed by atoms with Crippen molar-refractivity contribution in [3.8, 4) is 0 Å². The molecular formula is C19H24N8O. The van der Waals surface area contributed by atoms with Crippen molar-refractivity contribution in [2.24, 2.45) is 5.73 Å². The van der Waals surface area contributed by atoms with Gasteiger partial charge in [-0.25, -0.2) is 0 Å². The highest BCUT2D eigenvalue weighted by atomic mass is 16.1. The van der Waals surface area contributed by atoms with Crippen LogP contribution in [0.4, 0.5) is 11.8 Å². The second kappa shape index (κ2) is 7.89. The molecule has 1 aliphatic rings. The van der Waals surface area contributed by atoms with E-state index < -0.39 is 0 Å². The summed E-state index contributed by atoms with van der Waals surface area (Å²) >= 11 is 0. The molecule has 0 unspecified atom stereocenters. The van der Waals surface area contributed by atoms with Crippen molar-refractivity contribution in [3.05, 3.63) is 35.4 Å². The molecular weight excluding hydrogens is 356 g/mol. The molecule has 9 heteroatoms. The van der Waals surface area contributed by atoms with Gasteiger partial charge in [-0.05, 0) is 38.2 Å². The van der Waals surface area contributed by atoms with Crippen molar-refractivity contribution >= 4 is 28.7 Å². The largest absolute Gasteiger partial charge is 0.364 e. The highest BCUT2D eigenvalue weighted by molar-refractivity contribution is 5.95. The summed E-state index contributed by atoms with van der Waals surface area (Å²) < 4.78 is 0. The van der Waals surface area contributed by atoms with Gasteiger partial charge >= 0.3 is 0 Å². The number of fused-ring (bicyclic) bond motifs is 1. The van der Waals surface area contributed by atoms with E-state index >= 15 is 0 Å². The molecule has 0 aliphatic heterocycles. The third-order valence-corrected chi connectivity index (χ3v) is 5.13. The maximum absolute atomic E-state index is 11.8. The highest BCUT2D eigenvalue weighted by Crippen LogP contribution is 2.23. The molecule has 1 saturated carbocycles. The smallest absolute Gasteiger partial charge is 0.227 e. The summed E-state index contributed by atoms with van der Waals surface area (Å²) in [6.07, 6.45) is 3.99. The van der Waals surface area contributed by atoms with Crippen molar-refractivity contribution in [3.63, 3.8) is 0 Å². The molecule has 2 heterocycles. The fourth-order valence-electron chi connectivity index (χ4n) is 3.58. The first-order chi connectivity index (χ1) is 13.6. The molecule has 0 saturated heterocycles. The molecule has 2 aromatic heterocycles. The summed E-state index contributed by atoms with van der Waals surface area (Å²) in [5.41, 5.74) is 8.64. The lowest BCUT2D eigenvalue weighted by Gasteiger charge is -2.26. The van der Waals surface area contributed by atoms with E-state index in [2.05, 4.69) is 36.0 Å². The van der Waals surface area contributed by atoms with Crippen molar-refractivity contribution in [2.45, 2.75) is 51.2 Å². The van der Waals surface area contributed by atoms with Crippen LogP contribution >= 0.6 is 0 Å². The molecule has 1 aliphatic carbocycles. The number of benzene rings is 1. The zero-order valence-corrected chi connectivity index (χ0v) is 15.8. The average Bonchev–Trinajstić information content (AvgIpc) is 3.17. The lowest BCUT2D eigenvalue weighted by molar-refractivity contribution is 0.101. The Bertz CT molecular complexity index is 977. The Labute approximate surface area is 162 Å². The van der Waals surface area contributed by atoms with Gasteiger partial charge in [0.25, 0.3) is 0 Å². The van der Waals surface area contributed by atoms with E-state index in [1.165, 1.54) is 0 Å². The lowest BCUT2D eigenvalue weighted by atomic mass is 9.92. The van der Waals surface area contributed by atoms with E-state index in [0.29, 0.717) is 41.1 Å². The van der Waals surface area contributed by atoms with Crippen molar-refractivity contribution in [2.75, 3.05) is 10.6 Å². The molecule has 0 spiro atoms. The van der Waals surface area contributed by atoms with E-state index in [9.17, 15) is 4.79 Å². The van der Waals surface area contributed by atoms with Crippen molar-refractivity contribution in [1.29, 1.82) is 0 Å². The number of hydrogen-bond acceptors (Lipinski definition) is 8. The van der Waals surface area contributed by atoms with Gasteiger partial charge in [0.15, 0.2) is 17.1 Å². The van der Waals surface area contributed by atoms with Gasteiger partial charge in [0.1, 0.15) is 0 Å². The minimum Gasteiger partial charge on any atom is -0.364 e. The molecule has 0 amide bonds. The first kappa shape index (κ1) is 18.3. The Hall–Kier alpha value is -3.07. The molecule has 0 radical (unpaired) electrons. The van der Waals surface area contributed by atoms with Crippen LogP contribution in [-0.2, 0) is 6.54 Å². The molecule has 0 bridgehead atoms. The molecule has 3 aromatic rings. The average molecular weight is 380 g/mol. The van der Waals surface area contributed by atoms with Gasteiger partial charge in [0.2, 0.25) is 11.6 Å². The normalized spacial score (nSPS) is 19.5. The number of carbonyl (C=O) groups excluding carboxylic acids is 1. The topological polar surface area (TPSA) is 134 Å². The van der Waals surface area contributed by atoms with Crippen LogP contribution in [0.5, 0.6) is 0 Å². The van der Waals surface area contributed by atoms with Gasteiger partial charge in [-0.2, -0.15) is 20.3 Å². The summed E-state index contributed by atoms with van der Waals surface area (Å²) in [5.74, 6) is 1.13. The van der Waals surface area contributed by atoms with Crippen LogP contribution in [0, 0.1) is 0 Å². The Morgan fingerprint density at radius 2 is 1.96 bits per heavy atom. The van der Waals surface area contributed by atoms with Gasteiger partial charge in [-0.1, -0.05) is 24.3 Å². The van der Waals surface area contributed by atoms with Crippen molar-refractivity contribution in [1.82, 2.24) is 25.4 Å². The second-order valence-electron chi connectivity index (χ2n) is 7.21. The van der Waals surface area contributed by atoms with Crippen LogP contribution in [-0.4, -0.2) is 43.2 Å². The van der Waals surface area contributed by atoms with Gasteiger partial charge in [-0.3, -0.25) is 4.79 Å². The summed E-state index contributed by atoms with van der Waals surface area (Å²) in [7, 11) is 0. The number of H-pyrrole nitrogens is 1. The minimum absolute atomic E-state index is 0.0320. The van der Waals surface area contributed by atoms with Crippen LogP contribution < -0.4 is 16.4 Å². The third kappa shape index (κ3) is 3.94. The third-order valence-electron chi connectivity index (χ3n) is 5.13. The zero-order chi connectivity index (χ0) is 19.5. The van der Waals surface area contributed by atoms with Gasteiger partial charge in [-0.15, -0.1) is 5.10 Å². The van der Waals surface area contributed by atoms with E-state index in [-0.39, 0.29) is 11.8 Å². The first-order valence-corrected chi connectivity index (χ1v) is 9.53. The van der Waals surface area contributed by atoms with Gasteiger partial charge in [0.05, 0.1) is 0 Å². The van der Waals surface area contributed by atoms with Crippen LogP contribution in [0.25, 0.3) is 11.2 Å². The molecule has 9 nitrogen and oxygen atoms in total. The highest BCUT2D eigenvalue weighted by Gasteiger charge is 2.20. The molecule has 0 atom stereocenters. The predicted octanol–water partition coefficient (Wildman–Crippen LogP) is 2.24. The Morgan fingerprint density at radius 3 is 2.75 bits per heavy atom. The second-order valence-corrected chi connectivity index (χ2v) is 7.21. The van der Waals surface area contributed by atoms with Gasteiger partial charge < -0.3 is 16.4 Å². The fourth-order valence-corrected chi connectivity index (χ4v) is 3.58. The Kier molecular flexibility index (Phi) is 5.16. The zero-order valence-electron chi connectivity index (χ0n) is 15.8. The fraction of sp³-hybridized carbons (Fsp3) is 0.421. The van der Waals surface area contributed by atoms with E-state index in [0.717, 1.165) is 31.2 Å². The molecule has 5 N–H and O–H groups in total. The first-order valence-electron chi connectivity index (χ1n) is 9.53. The lowest BCUT2D eigenvalue weighted by Crippen LogP contribution is -2.33. The predicted molar refractivity (Wildman–Crippen MR) is 107 cm³/mol. The number of Topliss-reactive ketones (excluding diaryl/α,β-unsaturated/α-hetero) is 1. The number of ketones is 1. The number of nitrogens with two attached hydrogens (primary N) is 1. The maximum atomic E-state index is 11.8. The number of carbonyl (C=O) groups is 1. The number of nitrogens with one attached hydrogen (secondary N) is 3. The molecule has 4 rings (SSSR count). The van der Waals surface area contributed by atoms with Crippen LogP contribution in [0.2, 0.25) is 0 Å². The van der Waals surface area contributed by atoms with E-state index in [1.807, 2.05) is 24.3 Å². The Balaban J connectivity index is 1.55. The Morgan fingerprint density at radius 1 is 1.18 bits per heavy atom. The number of nitrogens with zero attached hydrogens (tertiary/aromatic N) is 4. The standard InChI is InChI=1S/C19H24N8O/c1-11(28)15-5-3-2-4-12(15)10-21-17-16-18(26-27-25-16)24-19(23-17)22-14-8-6-13(20)7-9-14/h2-5,13-14H,6-10,20H2,1H3,(H3,21,22,23,24,25,26,27). The number of rotatable bonds is 6. The van der Waals surface area contributed by atoms with Crippen LogP contribution in [0.1, 0.15) is 48.5 Å². The summed E-state index contributed by atoms with van der Waals surface area (Å²) in [4.78, 5) is 20.9. The molecule has 1 fully saturated rings. The monoisotopic (exact) mass is 380 g/mol. The van der Waals surface area contributed by atoms with Crippen LogP contribution in [0.3, 0.4) is 0 Å². The SMILES string of the molecule is CC(=O)c1ccccc1CNc1nc(NC2CCC(N)CC2)nc2n[nH]nc12. The number of hydrogen-bond donors (Lipinski definition) is 4. The quantitative estimate of drug-likeness (QED) is 0.478. The number of anilines is 2. The van der Waals surface area contributed by atoms with E-state index in [4.69, 9.17) is 5.73 Å². The summed E-state index contributed by atoms with van der Waals surface area (Å²) in [6.45, 7) is 2.02. The van der Waals surface area contributed by atoms with E-state index in [1.54, 1.807) is 6.92 Å². The summed E-state index contributed by atoms with van der Waals surface area (Å²) in [5, 5.41) is 17.5. The minimum atomic E-state index is 0.0320. The maximum Gasteiger partial charge on any atom is 0.227 e.